The van der Waals surface area contributed by atoms with E-state index in [-0.39, 0.29) is 11.9 Å². The summed E-state index contributed by atoms with van der Waals surface area (Å²) < 4.78 is 13.4. The van der Waals surface area contributed by atoms with Crippen molar-refractivity contribution >= 4 is 11.8 Å². The van der Waals surface area contributed by atoms with Gasteiger partial charge < -0.3 is 5.32 Å². The van der Waals surface area contributed by atoms with Crippen molar-refractivity contribution in [3.63, 3.8) is 0 Å². The number of rotatable bonds is 5. The van der Waals surface area contributed by atoms with Crippen molar-refractivity contribution in [2.45, 2.75) is 17.9 Å². The maximum atomic E-state index is 13.4. The molecule has 100 valence electrons. The number of aromatic nitrogens is 1. The molecule has 0 saturated carbocycles. The Bertz CT molecular complexity index is 545. The molecule has 4 heteroatoms. The van der Waals surface area contributed by atoms with E-state index in [0.29, 0.717) is 0 Å². The van der Waals surface area contributed by atoms with Crippen LogP contribution in [0.5, 0.6) is 0 Å². The molecule has 2 aromatic rings. The summed E-state index contributed by atoms with van der Waals surface area (Å²) in [6.45, 7) is 2.85. The number of halogens is 1. The monoisotopic (exact) mass is 276 g/mol. The quantitative estimate of drug-likeness (QED) is 0.844. The first-order chi connectivity index (χ1) is 9.26. The Kier molecular flexibility index (Phi) is 4.93. The number of pyridine rings is 1. The third kappa shape index (κ3) is 3.33. The molecule has 0 saturated heterocycles. The van der Waals surface area contributed by atoms with E-state index in [1.165, 1.54) is 17.2 Å². The SMILES string of the molecule is CCNC(c1cncc(F)c1)c1ccccc1SC. The normalized spacial score (nSPS) is 12.4. The molecule has 1 unspecified atom stereocenters. The van der Waals surface area contributed by atoms with Crippen molar-refractivity contribution < 1.29 is 4.39 Å². The van der Waals surface area contributed by atoms with E-state index in [4.69, 9.17) is 0 Å². The van der Waals surface area contributed by atoms with Crippen LogP contribution in [0.3, 0.4) is 0 Å². The molecule has 1 atom stereocenters. The highest BCUT2D eigenvalue weighted by molar-refractivity contribution is 7.98. The first kappa shape index (κ1) is 14.0. The molecule has 0 amide bonds. The zero-order valence-corrected chi connectivity index (χ0v) is 11.9. The Morgan fingerprint density at radius 3 is 2.79 bits per heavy atom. The lowest BCUT2D eigenvalue weighted by Gasteiger charge is -2.21. The lowest BCUT2D eigenvalue weighted by Crippen LogP contribution is -2.22. The number of nitrogens with zero attached hydrogens (tertiary/aromatic N) is 1. The topological polar surface area (TPSA) is 24.9 Å². The van der Waals surface area contributed by atoms with Gasteiger partial charge in [-0.15, -0.1) is 11.8 Å². The van der Waals surface area contributed by atoms with Gasteiger partial charge in [0.15, 0.2) is 0 Å². The summed E-state index contributed by atoms with van der Waals surface area (Å²) in [5.74, 6) is -0.304. The summed E-state index contributed by atoms with van der Waals surface area (Å²) >= 11 is 1.69. The van der Waals surface area contributed by atoms with E-state index in [0.717, 1.165) is 17.7 Å². The molecule has 0 aliphatic carbocycles. The summed E-state index contributed by atoms with van der Waals surface area (Å²) in [5.41, 5.74) is 2.01. The number of hydrogen-bond donors (Lipinski definition) is 1. The van der Waals surface area contributed by atoms with Crippen molar-refractivity contribution in [1.82, 2.24) is 10.3 Å². The second-order valence-corrected chi connectivity index (χ2v) is 5.02. The van der Waals surface area contributed by atoms with E-state index in [9.17, 15) is 4.39 Å². The van der Waals surface area contributed by atoms with Crippen molar-refractivity contribution in [3.8, 4) is 0 Å². The van der Waals surface area contributed by atoms with Gasteiger partial charge in [-0.1, -0.05) is 25.1 Å². The standard InChI is InChI=1S/C15H17FN2S/c1-3-18-15(11-8-12(16)10-17-9-11)13-6-4-5-7-14(13)19-2/h4-10,15,18H,3H2,1-2H3. The summed E-state index contributed by atoms with van der Waals surface area (Å²) in [7, 11) is 0. The molecule has 2 nitrogen and oxygen atoms in total. The maximum Gasteiger partial charge on any atom is 0.141 e. The van der Waals surface area contributed by atoms with Gasteiger partial charge in [-0.2, -0.15) is 0 Å². The average molecular weight is 276 g/mol. The first-order valence-electron chi connectivity index (χ1n) is 6.23. The van der Waals surface area contributed by atoms with Crippen molar-refractivity contribution in [1.29, 1.82) is 0 Å². The van der Waals surface area contributed by atoms with Crippen LogP contribution in [0, 0.1) is 5.82 Å². The van der Waals surface area contributed by atoms with Gasteiger partial charge in [0.05, 0.1) is 12.2 Å². The van der Waals surface area contributed by atoms with Crippen molar-refractivity contribution in [2.75, 3.05) is 12.8 Å². The predicted octanol–water partition coefficient (Wildman–Crippen LogP) is 3.64. The molecule has 0 aliphatic rings. The molecule has 0 spiro atoms. The van der Waals surface area contributed by atoms with Crippen LogP contribution < -0.4 is 5.32 Å². The molecular formula is C15H17FN2S. The largest absolute Gasteiger partial charge is 0.306 e. The van der Waals surface area contributed by atoms with Gasteiger partial charge in [-0.05, 0) is 36.1 Å². The third-order valence-corrected chi connectivity index (χ3v) is 3.73. The van der Waals surface area contributed by atoms with Crippen molar-refractivity contribution in [2.24, 2.45) is 0 Å². The molecule has 0 bridgehead atoms. The van der Waals surface area contributed by atoms with Crippen LogP contribution in [0.25, 0.3) is 0 Å². The molecule has 0 fully saturated rings. The van der Waals surface area contributed by atoms with Crippen LogP contribution in [-0.2, 0) is 0 Å². The van der Waals surface area contributed by atoms with E-state index in [2.05, 4.69) is 22.4 Å². The molecule has 1 aromatic carbocycles. The molecule has 0 radical (unpaired) electrons. The minimum Gasteiger partial charge on any atom is -0.306 e. The fourth-order valence-corrected chi connectivity index (χ4v) is 2.74. The minimum absolute atomic E-state index is 0.0307. The van der Waals surface area contributed by atoms with Gasteiger partial charge in [0.2, 0.25) is 0 Å². The second-order valence-electron chi connectivity index (χ2n) is 4.17. The van der Waals surface area contributed by atoms with Gasteiger partial charge in [0, 0.05) is 11.1 Å². The van der Waals surface area contributed by atoms with Gasteiger partial charge in [0.1, 0.15) is 5.82 Å². The summed E-state index contributed by atoms with van der Waals surface area (Å²) in [5, 5.41) is 3.40. The fraction of sp³-hybridized carbons (Fsp3) is 0.267. The predicted molar refractivity (Wildman–Crippen MR) is 77.9 cm³/mol. The van der Waals surface area contributed by atoms with Gasteiger partial charge in [-0.3, -0.25) is 4.98 Å². The van der Waals surface area contributed by atoms with Gasteiger partial charge >= 0.3 is 0 Å². The van der Waals surface area contributed by atoms with Crippen molar-refractivity contribution in [3.05, 3.63) is 59.7 Å². The van der Waals surface area contributed by atoms with Crippen LogP contribution in [0.4, 0.5) is 4.39 Å². The number of hydrogen-bond acceptors (Lipinski definition) is 3. The van der Waals surface area contributed by atoms with Crippen LogP contribution in [0.2, 0.25) is 0 Å². The van der Waals surface area contributed by atoms with Crippen LogP contribution in [0.15, 0.2) is 47.6 Å². The molecular weight excluding hydrogens is 259 g/mol. The second kappa shape index (κ2) is 6.68. The van der Waals surface area contributed by atoms with Gasteiger partial charge in [0.25, 0.3) is 0 Å². The van der Waals surface area contributed by atoms with Gasteiger partial charge in [-0.25, -0.2) is 4.39 Å². The number of benzene rings is 1. The number of nitrogens with one attached hydrogen (secondary N) is 1. The molecule has 0 aliphatic heterocycles. The smallest absolute Gasteiger partial charge is 0.141 e. The van der Waals surface area contributed by atoms with E-state index < -0.39 is 0 Å². The van der Waals surface area contributed by atoms with Crippen LogP contribution in [-0.4, -0.2) is 17.8 Å². The highest BCUT2D eigenvalue weighted by Crippen LogP contribution is 2.30. The zero-order valence-electron chi connectivity index (χ0n) is 11.1. The zero-order chi connectivity index (χ0) is 13.7. The number of thioether (sulfide) groups is 1. The Balaban J connectivity index is 2.45. The fourth-order valence-electron chi connectivity index (χ4n) is 2.10. The Hall–Kier alpha value is -1.39. The maximum absolute atomic E-state index is 13.4. The Labute approximate surface area is 117 Å². The third-order valence-electron chi connectivity index (χ3n) is 2.92. The summed E-state index contributed by atoms with van der Waals surface area (Å²) in [4.78, 5) is 5.14. The molecule has 19 heavy (non-hydrogen) atoms. The average Bonchev–Trinajstić information content (AvgIpc) is 2.45. The lowest BCUT2D eigenvalue weighted by molar-refractivity contribution is 0.592. The summed E-state index contributed by atoms with van der Waals surface area (Å²) in [6.07, 6.45) is 4.99. The van der Waals surface area contributed by atoms with E-state index in [1.54, 1.807) is 18.0 Å². The molecule has 1 aromatic heterocycles. The minimum atomic E-state index is -0.304. The summed E-state index contributed by atoms with van der Waals surface area (Å²) in [6, 6.07) is 9.68. The van der Waals surface area contributed by atoms with E-state index >= 15 is 0 Å². The van der Waals surface area contributed by atoms with E-state index in [1.807, 2.05) is 25.3 Å². The highest BCUT2D eigenvalue weighted by Gasteiger charge is 2.16. The molecule has 2 rings (SSSR count). The van der Waals surface area contributed by atoms with Crippen LogP contribution >= 0.6 is 11.8 Å². The lowest BCUT2D eigenvalue weighted by atomic mass is 10.00. The highest BCUT2D eigenvalue weighted by atomic mass is 32.2. The Morgan fingerprint density at radius 1 is 1.32 bits per heavy atom. The van der Waals surface area contributed by atoms with Crippen LogP contribution in [0.1, 0.15) is 24.1 Å². The molecule has 1 heterocycles. The first-order valence-corrected chi connectivity index (χ1v) is 7.45. The Morgan fingerprint density at radius 2 is 2.11 bits per heavy atom. The molecule has 1 N–H and O–H groups in total.